The van der Waals surface area contributed by atoms with E-state index < -0.39 is 46.4 Å². The van der Waals surface area contributed by atoms with E-state index in [-0.39, 0.29) is 28.5 Å². The number of amides is 2. The Morgan fingerprint density at radius 3 is 2.05 bits per heavy atom. The molecule has 0 aromatic heterocycles. The summed E-state index contributed by atoms with van der Waals surface area (Å²) in [5, 5.41) is 28.7. The van der Waals surface area contributed by atoms with Crippen LogP contribution in [-0.4, -0.2) is 54.0 Å². The number of carboxylic acids is 1. The Kier molecular flexibility index (Phi) is 11.5. The third-order valence-electron chi connectivity index (χ3n) is 5.47. The highest BCUT2D eigenvalue weighted by molar-refractivity contribution is 5.99. The molecular weight excluding hydrogens is 600 g/mol. The number of hydrazine groups is 1. The van der Waals surface area contributed by atoms with Gasteiger partial charge in [0.2, 0.25) is 0 Å². The first-order valence-corrected chi connectivity index (χ1v) is 11.9. The number of ether oxygens (including phenoxy) is 2. The van der Waals surface area contributed by atoms with Gasteiger partial charge in [-0.15, -0.1) is 0 Å². The zero-order valence-electron chi connectivity index (χ0n) is 22.7. The zero-order chi connectivity index (χ0) is 33.2. The molecule has 1 atom stereocenters. The van der Waals surface area contributed by atoms with E-state index in [1.54, 1.807) is 0 Å². The second-order valence-electron chi connectivity index (χ2n) is 8.32. The molecule has 3 aromatic carbocycles. The van der Waals surface area contributed by atoms with E-state index in [0.717, 1.165) is 12.1 Å². The molecule has 0 spiro atoms. The van der Waals surface area contributed by atoms with E-state index in [1.165, 1.54) is 62.8 Å². The van der Waals surface area contributed by atoms with E-state index in [0.29, 0.717) is 11.3 Å². The van der Waals surface area contributed by atoms with Crippen LogP contribution in [0, 0.1) is 21.3 Å². The monoisotopic (exact) mass is 624 g/mol. The maximum absolute atomic E-state index is 15.1. The first-order chi connectivity index (χ1) is 20.6. The fourth-order valence-electron chi connectivity index (χ4n) is 3.37. The maximum atomic E-state index is 15.1. The molecule has 0 aliphatic heterocycles. The van der Waals surface area contributed by atoms with Crippen LogP contribution < -0.4 is 31.4 Å². The molecule has 0 saturated carbocycles. The van der Waals surface area contributed by atoms with Gasteiger partial charge in [0, 0.05) is 28.9 Å². The number of nitrogen functional groups attached to an aromatic ring is 1. The molecule has 0 saturated heterocycles. The minimum Gasteiger partial charge on any atom is -0.493 e. The smallest absolute Gasteiger partial charge is 0.490 e. The SMILES string of the molecule is COc1cc(F)c(C(Nc2ccc(C(=N)N)cc2)C(=O)NNC(=O)c2ccccc2[N+](=O)[O-])cc1OC.O=C(O)C(F)(F)F. The summed E-state index contributed by atoms with van der Waals surface area (Å²) in [6, 6.07) is 12.2. The lowest BCUT2D eigenvalue weighted by Crippen LogP contribution is -2.45. The first kappa shape index (κ1) is 34.3. The summed E-state index contributed by atoms with van der Waals surface area (Å²) < 4.78 is 57.1. The van der Waals surface area contributed by atoms with Gasteiger partial charge < -0.3 is 25.6 Å². The lowest BCUT2D eigenvalue weighted by Gasteiger charge is -2.22. The normalized spacial score (nSPS) is 11.1. The molecule has 0 fully saturated rings. The average Bonchev–Trinajstić information content (AvgIpc) is 2.98. The van der Waals surface area contributed by atoms with Crippen molar-refractivity contribution in [3.63, 3.8) is 0 Å². The Balaban J connectivity index is 0.000000860. The molecule has 0 aliphatic carbocycles. The van der Waals surface area contributed by atoms with E-state index in [4.69, 9.17) is 30.5 Å². The van der Waals surface area contributed by atoms with Crippen LogP contribution in [0.15, 0.2) is 60.7 Å². The lowest BCUT2D eigenvalue weighted by atomic mass is 10.0. The number of halogens is 4. The number of anilines is 1. The van der Waals surface area contributed by atoms with Crippen LogP contribution in [0.1, 0.15) is 27.5 Å². The second-order valence-corrected chi connectivity index (χ2v) is 8.32. The molecule has 0 heterocycles. The third-order valence-corrected chi connectivity index (χ3v) is 5.47. The van der Waals surface area contributed by atoms with Crippen LogP contribution in [0.25, 0.3) is 0 Å². The molecule has 18 heteroatoms. The Labute approximate surface area is 245 Å². The molecule has 3 rings (SSSR count). The van der Waals surface area contributed by atoms with E-state index in [2.05, 4.69) is 16.2 Å². The number of carbonyl (C=O) groups excluding carboxylic acids is 2. The molecule has 14 nitrogen and oxygen atoms in total. The summed E-state index contributed by atoms with van der Waals surface area (Å²) in [6.07, 6.45) is -5.08. The van der Waals surface area contributed by atoms with Crippen molar-refractivity contribution < 1.29 is 51.4 Å². The Bertz CT molecular complexity index is 1550. The zero-order valence-corrected chi connectivity index (χ0v) is 22.7. The first-order valence-electron chi connectivity index (χ1n) is 11.9. The number of nitrogens with two attached hydrogens (primary N) is 1. The number of hydrogen-bond acceptors (Lipinski definition) is 9. The second kappa shape index (κ2) is 14.8. The number of nitrogens with one attached hydrogen (secondary N) is 4. The van der Waals surface area contributed by atoms with E-state index in [9.17, 15) is 32.9 Å². The highest BCUT2D eigenvalue weighted by Gasteiger charge is 2.38. The number of rotatable bonds is 9. The summed E-state index contributed by atoms with van der Waals surface area (Å²) >= 11 is 0. The largest absolute Gasteiger partial charge is 0.493 e. The number of carboxylic acid groups (broad SMARTS) is 1. The highest BCUT2D eigenvalue weighted by Crippen LogP contribution is 2.34. The van der Waals surface area contributed by atoms with Crippen molar-refractivity contribution in [2.24, 2.45) is 5.73 Å². The minimum absolute atomic E-state index is 0.0957. The van der Waals surface area contributed by atoms with Crippen LogP contribution >= 0.6 is 0 Å². The summed E-state index contributed by atoms with van der Waals surface area (Å²) in [7, 11) is 2.67. The van der Waals surface area contributed by atoms with Gasteiger partial charge in [0.15, 0.2) is 11.5 Å². The third kappa shape index (κ3) is 9.03. The quantitative estimate of drug-likeness (QED) is 0.0671. The molecule has 7 N–H and O–H groups in total. The Morgan fingerprint density at radius 1 is 1.00 bits per heavy atom. The fraction of sp³-hybridized carbons (Fsp3) is 0.154. The average molecular weight is 625 g/mol. The molecule has 0 radical (unpaired) electrons. The number of nitro groups is 1. The fourth-order valence-corrected chi connectivity index (χ4v) is 3.37. The van der Waals surface area contributed by atoms with Crippen molar-refractivity contribution in [2.75, 3.05) is 19.5 Å². The number of carbonyl (C=O) groups is 3. The van der Waals surface area contributed by atoms with Crippen LogP contribution in [-0.2, 0) is 9.59 Å². The van der Waals surface area contributed by atoms with Gasteiger partial charge in [0.05, 0.1) is 19.1 Å². The molecule has 1 unspecified atom stereocenters. The van der Waals surface area contributed by atoms with Gasteiger partial charge in [-0.05, 0) is 36.4 Å². The Morgan fingerprint density at radius 2 is 1.55 bits per heavy atom. The molecule has 234 valence electrons. The predicted octanol–water partition coefficient (Wildman–Crippen LogP) is 3.28. The number of hydrogen-bond donors (Lipinski definition) is 6. The molecule has 0 aliphatic rings. The number of nitro benzene ring substituents is 1. The van der Waals surface area contributed by atoms with Gasteiger partial charge >= 0.3 is 12.1 Å². The van der Waals surface area contributed by atoms with Crippen molar-refractivity contribution in [2.45, 2.75) is 12.2 Å². The van der Waals surface area contributed by atoms with Crippen molar-refractivity contribution in [1.82, 2.24) is 10.9 Å². The topological polar surface area (TPSA) is 219 Å². The summed E-state index contributed by atoms with van der Waals surface area (Å²) in [5.74, 6) is -5.33. The van der Waals surface area contributed by atoms with Gasteiger partial charge in [-0.25, -0.2) is 9.18 Å². The van der Waals surface area contributed by atoms with Crippen LogP contribution in [0.5, 0.6) is 11.5 Å². The lowest BCUT2D eigenvalue weighted by molar-refractivity contribution is -0.385. The van der Waals surface area contributed by atoms with Crippen LogP contribution in [0.3, 0.4) is 0 Å². The van der Waals surface area contributed by atoms with Gasteiger partial charge in [-0.3, -0.25) is 36.0 Å². The van der Waals surface area contributed by atoms with Crippen molar-refractivity contribution >= 4 is 35.0 Å². The van der Waals surface area contributed by atoms with Gasteiger partial charge in [-0.1, -0.05) is 12.1 Å². The number of amidine groups is 1. The molecule has 3 aromatic rings. The number of benzene rings is 3. The predicted molar refractivity (Wildman–Crippen MR) is 146 cm³/mol. The minimum atomic E-state index is -5.08. The number of alkyl halides is 3. The molecule has 2 amide bonds. The van der Waals surface area contributed by atoms with Crippen molar-refractivity contribution in [1.29, 1.82) is 5.41 Å². The van der Waals surface area contributed by atoms with Crippen molar-refractivity contribution in [3.05, 3.63) is 93.3 Å². The molecule has 0 bridgehead atoms. The molecule has 44 heavy (non-hydrogen) atoms. The number of para-hydroxylation sites is 1. The summed E-state index contributed by atoms with van der Waals surface area (Å²) in [4.78, 5) is 45.1. The highest BCUT2D eigenvalue weighted by atomic mass is 19.4. The van der Waals surface area contributed by atoms with Gasteiger partial charge in [-0.2, -0.15) is 13.2 Å². The van der Waals surface area contributed by atoms with Gasteiger partial charge in [0.1, 0.15) is 23.3 Å². The van der Waals surface area contributed by atoms with Crippen molar-refractivity contribution in [3.8, 4) is 11.5 Å². The standard InChI is InChI=1S/C24H23FN6O6.C2HF3O2/c1-36-19-11-16(17(25)12-20(19)37-2)21(28-14-9-7-13(8-10-14)22(26)27)24(33)30-29-23(32)15-5-3-4-6-18(15)31(34)35;3-2(4,5)1(6)7/h3-12,21,28H,1-2H3,(H3,26,27)(H,29,32)(H,30,33);(H,6,7). The van der Waals surface area contributed by atoms with E-state index >= 15 is 4.39 Å². The molecular formula is C26H24F4N6O8. The number of methoxy groups -OCH3 is 2. The van der Waals surface area contributed by atoms with Crippen LogP contribution in [0.2, 0.25) is 0 Å². The summed E-state index contributed by atoms with van der Waals surface area (Å²) in [6.45, 7) is 0. The number of aliphatic carboxylic acids is 1. The number of nitrogens with zero attached hydrogens (tertiary/aromatic N) is 1. The summed E-state index contributed by atoms with van der Waals surface area (Å²) in [5.41, 5.74) is 9.67. The van der Waals surface area contributed by atoms with Crippen LogP contribution in [0.4, 0.5) is 28.9 Å². The Hall–Kier alpha value is -5.94. The van der Waals surface area contributed by atoms with E-state index in [1.807, 2.05) is 0 Å². The maximum Gasteiger partial charge on any atom is 0.490 e. The van der Waals surface area contributed by atoms with Gasteiger partial charge in [0.25, 0.3) is 17.5 Å².